The van der Waals surface area contributed by atoms with Crippen LogP contribution in [0, 0.1) is 0 Å². The highest BCUT2D eigenvalue weighted by Gasteiger charge is 2.35. The van der Waals surface area contributed by atoms with Crippen LogP contribution in [0.3, 0.4) is 0 Å². The standard InChI is InChI=1S/C12H18N4S.HI/c1-17-12(6-4-7-12)9-15-11(13)16-10-5-2-3-8-14-10;/h2-3,5,8H,4,6-7,9H2,1H3,(H3,13,14,15,16);1H. The van der Waals surface area contributed by atoms with Gasteiger partial charge in [0.05, 0.1) is 6.54 Å². The van der Waals surface area contributed by atoms with Crippen LogP contribution in [-0.2, 0) is 0 Å². The number of nitrogens with two attached hydrogens (primary N) is 1. The van der Waals surface area contributed by atoms with E-state index in [1.54, 1.807) is 6.20 Å². The maximum Gasteiger partial charge on any atom is 0.194 e. The molecule has 18 heavy (non-hydrogen) atoms. The Balaban J connectivity index is 0.00000162. The summed E-state index contributed by atoms with van der Waals surface area (Å²) < 4.78 is 0.330. The van der Waals surface area contributed by atoms with Crippen LogP contribution < -0.4 is 11.1 Å². The topological polar surface area (TPSA) is 63.3 Å². The smallest absolute Gasteiger partial charge is 0.194 e. The Kier molecular flexibility index (Phi) is 6.20. The van der Waals surface area contributed by atoms with E-state index in [4.69, 9.17) is 5.73 Å². The van der Waals surface area contributed by atoms with Crippen LogP contribution in [-0.4, -0.2) is 28.5 Å². The molecule has 1 heterocycles. The molecule has 1 aliphatic carbocycles. The van der Waals surface area contributed by atoms with Gasteiger partial charge in [0.25, 0.3) is 0 Å². The molecule has 3 N–H and O–H groups in total. The molecular formula is C12H19IN4S. The number of hydrogen-bond donors (Lipinski definition) is 2. The van der Waals surface area contributed by atoms with Gasteiger partial charge >= 0.3 is 0 Å². The van der Waals surface area contributed by atoms with Gasteiger partial charge in [-0.3, -0.25) is 4.99 Å². The highest BCUT2D eigenvalue weighted by atomic mass is 127. The molecule has 0 amide bonds. The number of rotatable bonds is 4. The fourth-order valence-electron chi connectivity index (χ4n) is 1.83. The maximum atomic E-state index is 5.84. The van der Waals surface area contributed by atoms with E-state index < -0.39 is 0 Å². The van der Waals surface area contributed by atoms with Crippen LogP contribution >= 0.6 is 35.7 Å². The second kappa shape index (κ2) is 7.18. The van der Waals surface area contributed by atoms with Gasteiger partial charge in [-0.05, 0) is 31.2 Å². The lowest BCUT2D eigenvalue weighted by Crippen LogP contribution is -2.37. The van der Waals surface area contributed by atoms with Gasteiger partial charge in [0.15, 0.2) is 5.96 Å². The van der Waals surface area contributed by atoms with E-state index in [2.05, 4.69) is 21.5 Å². The van der Waals surface area contributed by atoms with E-state index in [-0.39, 0.29) is 24.0 Å². The third kappa shape index (κ3) is 4.01. The Morgan fingerprint density at radius 2 is 2.33 bits per heavy atom. The highest BCUT2D eigenvalue weighted by Crippen LogP contribution is 2.42. The normalized spacial score (nSPS) is 17.5. The summed E-state index contributed by atoms with van der Waals surface area (Å²) in [6, 6.07) is 5.66. The lowest BCUT2D eigenvalue weighted by atomic mass is 9.84. The van der Waals surface area contributed by atoms with E-state index >= 15 is 0 Å². The van der Waals surface area contributed by atoms with Crippen molar-refractivity contribution in [1.82, 2.24) is 4.98 Å². The number of nitrogens with zero attached hydrogens (tertiary/aromatic N) is 2. The largest absolute Gasteiger partial charge is 0.370 e. The van der Waals surface area contributed by atoms with E-state index in [1.165, 1.54) is 19.3 Å². The van der Waals surface area contributed by atoms with E-state index in [0.717, 1.165) is 12.4 Å². The predicted molar refractivity (Wildman–Crippen MR) is 89.9 cm³/mol. The molecule has 0 spiro atoms. The Morgan fingerprint density at radius 1 is 1.56 bits per heavy atom. The molecule has 1 aliphatic rings. The molecule has 1 aromatic rings. The van der Waals surface area contributed by atoms with E-state index in [9.17, 15) is 0 Å². The molecule has 0 unspecified atom stereocenters. The maximum absolute atomic E-state index is 5.84. The molecule has 100 valence electrons. The number of aliphatic imine (C=N–C) groups is 1. The van der Waals surface area contributed by atoms with Crippen molar-refractivity contribution < 1.29 is 0 Å². The SMILES string of the molecule is CSC1(CN=C(N)Nc2ccccn2)CCC1.I. The molecule has 1 saturated carbocycles. The van der Waals surface area contributed by atoms with Crippen molar-refractivity contribution in [1.29, 1.82) is 0 Å². The minimum absolute atomic E-state index is 0. The summed E-state index contributed by atoms with van der Waals surface area (Å²) in [5, 5.41) is 2.99. The van der Waals surface area contributed by atoms with E-state index in [0.29, 0.717) is 10.7 Å². The molecule has 0 bridgehead atoms. The number of pyridine rings is 1. The van der Waals surface area contributed by atoms with Crippen LogP contribution in [0.5, 0.6) is 0 Å². The first kappa shape index (κ1) is 15.6. The second-order valence-corrected chi connectivity index (χ2v) is 5.56. The van der Waals surface area contributed by atoms with Gasteiger partial charge in [-0.1, -0.05) is 12.5 Å². The highest BCUT2D eigenvalue weighted by molar-refractivity contribution is 14.0. The first-order chi connectivity index (χ1) is 8.24. The molecule has 0 aliphatic heterocycles. The first-order valence-corrected chi connectivity index (χ1v) is 7.00. The van der Waals surface area contributed by atoms with Crippen LogP contribution in [0.2, 0.25) is 0 Å². The number of thioether (sulfide) groups is 1. The van der Waals surface area contributed by atoms with Crippen molar-refractivity contribution in [3.63, 3.8) is 0 Å². The fourth-order valence-corrected chi connectivity index (χ4v) is 2.73. The lowest BCUT2D eigenvalue weighted by Gasteiger charge is -2.39. The van der Waals surface area contributed by atoms with Crippen molar-refractivity contribution >= 4 is 47.5 Å². The van der Waals surface area contributed by atoms with E-state index in [1.807, 2.05) is 30.0 Å². The zero-order valence-electron chi connectivity index (χ0n) is 10.4. The number of hydrogen-bond acceptors (Lipinski definition) is 3. The average Bonchev–Trinajstić information content (AvgIpc) is 2.29. The summed E-state index contributed by atoms with van der Waals surface area (Å²) in [6.45, 7) is 0.792. The Bertz CT molecular complexity index is 387. The van der Waals surface area contributed by atoms with Gasteiger partial charge in [0.2, 0.25) is 0 Å². The third-order valence-corrected chi connectivity index (χ3v) is 4.56. The van der Waals surface area contributed by atoms with Crippen LogP contribution in [0.15, 0.2) is 29.4 Å². The van der Waals surface area contributed by atoms with Crippen molar-refractivity contribution in [3.8, 4) is 0 Å². The summed E-state index contributed by atoms with van der Waals surface area (Å²) >= 11 is 1.90. The minimum atomic E-state index is 0. The molecule has 0 aromatic carbocycles. The molecule has 4 nitrogen and oxygen atoms in total. The molecule has 1 fully saturated rings. The molecule has 2 rings (SSSR count). The summed E-state index contributed by atoms with van der Waals surface area (Å²) in [5.74, 6) is 1.18. The fraction of sp³-hybridized carbons (Fsp3) is 0.500. The average molecular weight is 378 g/mol. The van der Waals surface area contributed by atoms with Crippen molar-refractivity contribution in [2.45, 2.75) is 24.0 Å². The van der Waals surface area contributed by atoms with Gasteiger partial charge in [0, 0.05) is 10.9 Å². The predicted octanol–water partition coefficient (Wildman–Crippen LogP) is 2.71. The zero-order chi connectivity index (χ0) is 12.1. The molecular weight excluding hydrogens is 359 g/mol. The summed E-state index contributed by atoms with van der Waals surface area (Å²) in [4.78, 5) is 8.55. The molecule has 0 atom stereocenters. The van der Waals surface area contributed by atoms with Gasteiger partial charge in [-0.15, -0.1) is 24.0 Å². The second-order valence-electron chi connectivity index (χ2n) is 4.28. The number of halogens is 1. The summed E-state index contributed by atoms with van der Waals surface area (Å²) in [7, 11) is 0. The van der Waals surface area contributed by atoms with Crippen molar-refractivity contribution in [2.75, 3.05) is 18.1 Å². The number of guanidine groups is 1. The van der Waals surface area contributed by atoms with Crippen molar-refractivity contribution in [3.05, 3.63) is 24.4 Å². The Morgan fingerprint density at radius 3 is 2.83 bits per heavy atom. The monoisotopic (exact) mass is 378 g/mol. The number of anilines is 1. The van der Waals surface area contributed by atoms with Gasteiger partial charge in [-0.2, -0.15) is 11.8 Å². The molecule has 0 saturated heterocycles. The van der Waals surface area contributed by atoms with Gasteiger partial charge < -0.3 is 11.1 Å². The summed E-state index contributed by atoms with van der Waals surface area (Å²) in [6.07, 6.45) is 7.68. The third-order valence-electron chi connectivity index (χ3n) is 3.16. The van der Waals surface area contributed by atoms with Crippen molar-refractivity contribution in [2.24, 2.45) is 10.7 Å². The number of nitrogens with one attached hydrogen (secondary N) is 1. The first-order valence-electron chi connectivity index (χ1n) is 5.77. The Hall–Kier alpha value is -0.500. The quantitative estimate of drug-likeness (QED) is 0.481. The Labute approximate surface area is 129 Å². The zero-order valence-corrected chi connectivity index (χ0v) is 13.6. The summed E-state index contributed by atoms with van der Waals surface area (Å²) in [5.41, 5.74) is 5.84. The molecule has 1 aromatic heterocycles. The molecule has 6 heteroatoms. The molecule has 0 radical (unpaired) electrons. The van der Waals surface area contributed by atoms with Gasteiger partial charge in [-0.25, -0.2) is 4.98 Å². The number of aromatic nitrogens is 1. The minimum Gasteiger partial charge on any atom is -0.370 e. The van der Waals surface area contributed by atoms with Crippen LogP contribution in [0.4, 0.5) is 5.82 Å². The van der Waals surface area contributed by atoms with Crippen LogP contribution in [0.1, 0.15) is 19.3 Å². The van der Waals surface area contributed by atoms with Gasteiger partial charge in [0.1, 0.15) is 5.82 Å². The van der Waals surface area contributed by atoms with Crippen LogP contribution in [0.25, 0.3) is 0 Å². The lowest BCUT2D eigenvalue weighted by molar-refractivity contribution is 0.372.